The van der Waals surface area contributed by atoms with Crippen molar-refractivity contribution in [1.82, 2.24) is 0 Å². The van der Waals surface area contributed by atoms with Crippen LogP contribution in [0.2, 0.25) is 0 Å². The zero-order chi connectivity index (χ0) is 33.8. The molecule has 242 valence electrons. The maximum atomic E-state index is 13.5. The number of hydrogen-bond donors (Lipinski definition) is 0. The number of allylic oxidation sites excluding steroid dienone is 1. The summed E-state index contributed by atoms with van der Waals surface area (Å²) < 4.78 is 60.7. The van der Waals surface area contributed by atoms with Crippen molar-refractivity contribution in [2.75, 3.05) is 38.2 Å². The van der Waals surface area contributed by atoms with Crippen molar-refractivity contribution in [3.63, 3.8) is 0 Å². The predicted molar refractivity (Wildman–Crippen MR) is 165 cm³/mol. The summed E-state index contributed by atoms with van der Waals surface area (Å²) in [6.07, 6.45) is -3.68. The summed E-state index contributed by atoms with van der Waals surface area (Å²) in [5.74, 6) is -3.33. The average Bonchev–Trinajstić information content (AvgIpc) is 3.45. The second-order valence-electron chi connectivity index (χ2n) is 9.41. The molecule has 1 aromatic heterocycles. The predicted octanol–water partition coefficient (Wildman–Crippen LogP) is 5.65. The van der Waals surface area contributed by atoms with E-state index in [2.05, 4.69) is 0 Å². The van der Waals surface area contributed by atoms with Gasteiger partial charge in [0.15, 0.2) is 0 Å². The molecule has 0 amide bonds. The molecule has 0 saturated carbocycles. The first-order chi connectivity index (χ1) is 21.9. The Bertz CT molecular complexity index is 1720. The van der Waals surface area contributed by atoms with Crippen molar-refractivity contribution in [2.24, 2.45) is 0 Å². The van der Waals surface area contributed by atoms with Gasteiger partial charge in [-0.3, -0.25) is 0 Å². The van der Waals surface area contributed by atoms with Gasteiger partial charge in [-0.05, 0) is 0 Å². The van der Waals surface area contributed by atoms with E-state index in [9.17, 15) is 32.3 Å². The van der Waals surface area contributed by atoms with E-state index in [-0.39, 0.29) is 37.9 Å². The molecule has 46 heavy (non-hydrogen) atoms. The standard InChI is InChI=1S/C31H27F3N2O8SSe/c1-17-26(45-21(28(38)42-3)15-22(37)41-2)36(20-13-11-19(12-14-20)31(32,33)34)27-24(35(17)16-18-9-7-6-8-10-18)23(29(39)43-4)25(46-27)30(40)44-5/h6-15H,16H2,1-5H3/b21-15+. The number of halogens is 3. The van der Waals surface area contributed by atoms with Gasteiger partial charge in [-0.15, -0.1) is 0 Å². The van der Waals surface area contributed by atoms with Gasteiger partial charge in [-0.1, -0.05) is 0 Å². The number of anilines is 3. The summed E-state index contributed by atoms with van der Waals surface area (Å²) in [6, 6.07) is 13.4. The van der Waals surface area contributed by atoms with Gasteiger partial charge >= 0.3 is 273 Å². The second kappa shape index (κ2) is 14.3. The Kier molecular flexibility index (Phi) is 10.7. The molecule has 0 unspecified atom stereocenters. The Hall–Kier alpha value is -4.46. The zero-order valence-corrected chi connectivity index (χ0v) is 27.6. The minimum atomic E-state index is -4.61. The molecule has 0 aliphatic carbocycles. The SMILES string of the molecule is COC(=O)/C=C(/SC1=C(C)N(Cc2ccccc2)c2c([se]c(C(=O)OC)c2C(=O)OC)N1c1ccc(C(F)(F)F)cc1)C(=O)OC. The van der Waals surface area contributed by atoms with Crippen LogP contribution in [0.4, 0.5) is 29.1 Å². The molecule has 0 atom stereocenters. The van der Waals surface area contributed by atoms with Crippen molar-refractivity contribution < 1.29 is 51.3 Å². The normalized spacial score (nSPS) is 13.3. The molecule has 0 bridgehead atoms. The van der Waals surface area contributed by atoms with Crippen LogP contribution in [0.1, 0.15) is 37.6 Å². The zero-order valence-electron chi connectivity index (χ0n) is 25.1. The summed E-state index contributed by atoms with van der Waals surface area (Å²) in [7, 11) is 4.59. The molecule has 3 aromatic rings. The fourth-order valence-electron chi connectivity index (χ4n) is 4.50. The van der Waals surface area contributed by atoms with Gasteiger partial charge in [0.25, 0.3) is 0 Å². The number of alkyl halides is 3. The first kappa shape index (κ1) is 34.4. The number of hydrogen-bond acceptors (Lipinski definition) is 11. The fourth-order valence-corrected chi connectivity index (χ4v) is 8.30. The molecule has 0 radical (unpaired) electrons. The molecule has 2 aromatic carbocycles. The number of rotatable bonds is 9. The summed E-state index contributed by atoms with van der Waals surface area (Å²) in [5, 5.41) is 0.284. The maximum absolute atomic E-state index is 13.5. The van der Waals surface area contributed by atoms with E-state index in [1.165, 1.54) is 12.1 Å². The summed E-state index contributed by atoms with van der Waals surface area (Å²) in [6.45, 7) is 1.85. The van der Waals surface area contributed by atoms with E-state index >= 15 is 0 Å². The van der Waals surface area contributed by atoms with Gasteiger partial charge in [0.05, 0.1) is 0 Å². The Labute approximate surface area is 272 Å². The molecule has 0 spiro atoms. The van der Waals surface area contributed by atoms with Crippen LogP contribution in [-0.2, 0) is 41.3 Å². The number of benzene rings is 2. The van der Waals surface area contributed by atoms with Gasteiger partial charge in [-0.2, -0.15) is 0 Å². The molecule has 15 heteroatoms. The van der Waals surface area contributed by atoms with E-state index in [0.29, 0.717) is 10.3 Å². The van der Waals surface area contributed by atoms with Crippen LogP contribution in [-0.4, -0.2) is 66.8 Å². The molecule has 0 fully saturated rings. The van der Waals surface area contributed by atoms with Gasteiger partial charge in [0, 0.05) is 0 Å². The van der Waals surface area contributed by atoms with E-state index in [1.807, 2.05) is 30.3 Å². The molecule has 1 aliphatic heterocycles. The van der Waals surface area contributed by atoms with Crippen LogP contribution in [0, 0.1) is 0 Å². The van der Waals surface area contributed by atoms with Crippen molar-refractivity contribution in [3.05, 3.63) is 97.4 Å². The first-order valence-corrected chi connectivity index (χ1v) is 15.8. The Morgan fingerprint density at radius 2 is 1.50 bits per heavy atom. The van der Waals surface area contributed by atoms with E-state index in [1.54, 1.807) is 16.7 Å². The third kappa shape index (κ3) is 7.01. The van der Waals surface area contributed by atoms with E-state index < -0.39 is 50.1 Å². The number of carbonyl (C=O) groups excluding carboxylic acids is 4. The van der Waals surface area contributed by atoms with Crippen molar-refractivity contribution >= 4 is 66.1 Å². The third-order valence-electron chi connectivity index (χ3n) is 6.70. The van der Waals surface area contributed by atoms with Gasteiger partial charge < -0.3 is 0 Å². The summed E-state index contributed by atoms with van der Waals surface area (Å²) in [5.41, 5.74) is 0.789. The van der Waals surface area contributed by atoms with Crippen LogP contribution < -0.4 is 9.80 Å². The van der Waals surface area contributed by atoms with Gasteiger partial charge in [0.2, 0.25) is 0 Å². The quantitative estimate of drug-likeness (QED) is 0.118. The van der Waals surface area contributed by atoms with Crippen molar-refractivity contribution in [3.8, 4) is 0 Å². The molecular weight excluding hydrogens is 696 g/mol. The molecule has 0 saturated heterocycles. The Morgan fingerprint density at radius 1 is 0.870 bits per heavy atom. The average molecular weight is 724 g/mol. The van der Waals surface area contributed by atoms with E-state index in [4.69, 9.17) is 18.9 Å². The second-order valence-corrected chi connectivity index (χ2v) is 12.5. The van der Waals surface area contributed by atoms with Crippen LogP contribution in [0.5, 0.6) is 0 Å². The summed E-state index contributed by atoms with van der Waals surface area (Å²) in [4.78, 5) is 54.6. The van der Waals surface area contributed by atoms with Crippen LogP contribution >= 0.6 is 11.8 Å². The van der Waals surface area contributed by atoms with Crippen LogP contribution in [0.3, 0.4) is 0 Å². The van der Waals surface area contributed by atoms with Gasteiger partial charge in [-0.25, -0.2) is 0 Å². The molecule has 1 aliphatic rings. The van der Waals surface area contributed by atoms with Crippen molar-refractivity contribution in [2.45, 2.75) is 19.6 Å². The number of esters is 4. The number of carbonyl (C=O) groups is 4. The Morgan fingerprint density at radius 3 is 2.04 bits per heavy atom. The molecule has 2 heterocycles. The Balaban J connectivity index is 2.09. The van der Waals surface area contributed by atoms with Gasteiger partial charge in [0.1, 0.15) is 0 Å². The van der Waals surface area contributed by atoms with E-state index in [0.717, 1.165) is 64.0 Å². The van der Waals surface area contributed by atoms with Crippen LogP contribution in [0.15, 0.2) is 76.3 Å². The summed E-state index contributed by atoms with van der Waals surface area (Å²) >= 11 is -0.155. The number of fused-ring (bicyclic) bond motifs is 1. The monoisotopic (exact) mass is 724 g/mol. The topological polar surface area (TPSA) is 112 Å². The number of thioether (sulfide) groups is 1. The minimum absolute atomic E-state index is 0.0270. The molecule has 10 nitrogen and oxygen atoms in total. The molecule has 4 rings (SSSR count). The molecule has 0 N–H and O–H groups in total. The number of methoxy groups -OCH3 is 4. The van der Waals surface area contributed by atoms with Crippen molar-refractivity contribution in [1.29, 1.82) is 0 Å². The number of ether oxygens (including phenoxy) is 4. The fraction of sp³-hybridized carbons (Fsp3) is 0.226. The first-order valence-electron chi connectivity index (χ1n) is 13.2. The van der Waals surface area contributed by atoms with Crippen LogP contribution in [0.25, 0.3) is 0 Å². The number of nitrogens with zero attached hydrogens (tertiary/aromatic N) is 2. The molecular formula is C31H27F3N2O8SSe. The third-order valence-corrected chi connectivity index (χ3v) is 10.3.